The molecular formula is C22H23N3O3. The van der Waals surface area contributed by atoms with Crippen LogP contribution in [0.25, 0.3) is 11.3 Å². The Labute approximate surface area is 163 Å². The van der Waals surface area contributed by atoms with Crippen LogP contribution in [0.5, 0.6) is 5.75 Å². The van der Waals surface area contributed by atoms with Gasteiger partial charge in [0.15, 0.2) is 0 Å². The molecule has 6 heteroatoms. The minimum absolute atomic E-state index is 0.186. The van der Waals surface area contributed by atoms with Gasteiger partial charge in [-0.15, -0.1) is 0 Å². The molecule has 1 N–H and O–H groups in total. The number of hydrogen-bond donors (Lipinski definition) is 1. The summed E-state index contributed by atoms with van der Waals surface area (Å²) in [6.07, 6.45) is 0. The molecule has 0 aliphatic rings. The average molecular weight is 377 g/mol. The van der Waals surface area contributed by atoms with Crippen LogP contribution in [-0.4, -0.2) is 22.8 Å². The van der Waals surface area contributed by atoms with Crippen molar-refractivity contribution in [3.8, 4) is 17.0 Å². The number of methoxy groups -OCH3 is 1. The number of anilines is 1. The molecular weight excluding hydrogens is 354 g/mol. The molecule has 28 heavy (non-hydrogen) atoms. The molecule has 1 aromatic heterocycles. The monoisotopic (exact) mass is 377 g/mol. The number of aromatic nitrogens is 2. The summed E-state index contributed by atoms with van der Waals surface area (Å²) in [5.74, 6) is 0.207. The van der Waals surface area contributed by atoms with Crippen LogP contribution in [-0.2, 0) is 11.3 Å². The SMILES string of the molecule is COc1ccc(C)cc1NC(=O)Cn1nc(-c2ccc(C)c(C)c2)ccc1=O. The number of aryl methyl sites for hydroxylation is 3. The van der Waals surface area contributed by atoms with E-state index in [1.807, 2.05) is 51.1 Å². The van der Waals surface area contributed by atoms with Gasteiger partial charge in [0.2, 0.25) is 5.91 Å². The molecule has 2 aromatic carbocycles. The normalized spacial score (nSPS) is 10.6. The Morgan fingerprint density at radius 2 is 1.82 bits per heavy atom. The highest BCUT2D eigenvalue weighted by Gasteiger charge is 2.11. The average Bonchev–Trinajstić information content (AvgIpc) is 2.66. The van der Waals surface area contributed by atoms with Crippen LogP contribution < -0.4 is 15.6 Å². The zero-order chi connectivity index (χ0) is 20.3. The molecule has 3 aromatic rings. The van der Waals surface area contributed by atoms with Gasteiger partial charge in [-0.3, -0.25) is 9.59 Å². The van der Waals surface area contributed by atoms with Gasteiger partial charge >= 0.3 is 0 Å². The number of carbonyl (C=O) groups is 1. The van der Waals surface area contributed by atoms with E-state index in [0.717, 1.165) is 16.7 Å². The Balaban J connectivity index is 1.84. The molecule has 0 saturated heterocycles. The second-order valence-electron chi connectivity index (χ2n) is 6.77. The van der Waals surface area contributed by atoms with Crippen molar-refractivity contribution < 1.29 is 9.53 Å². The van der Waals surface area contributed by atoms with Crippen LogP contribution in [0.1, 0.15) is 16.7 Å². The molecule has 0 aliphatic heterocycles. The molecule has 0 spiro atoms. The van der Waals surface area contributed by atoms with Gasteiger partial charge in [0.25, 0.3) is 5.56 Å². The van der Waals surface area contributed by atoms with Crippen LogP contribution in [0.4, 0.5) is 5.69 Å². The van der Waals surface area contributed by atoms with E-state index < -0.39 is 0 Å². The highest BCUT2D eigenvalue weighted by Crippen LogP contribution is 2.25. The lowest BCUT2D eigenvalue weighted by atomic mass is 10.0. The Hall–Kier alpha value is -3.41. The smallest absolute Gasteiger partial charge is 0.267 e. The molecule has 1 heterocycles. The number of benzene rings is 2. The maximum Gasteiger partial charge on any atom is 0.267 e. The molecule has 0 saturated carbocycles. The van der Waals surface area contributed by atoms with Gasteiger partial charge in [-0.1, -0.05) is 18.2 Å². The molecule has 0 bridgehead atoms. The Bertz CT molecular complexity index is 1090. The van der Waals surface area contributed by atoms with Crippen molar-refractivity contribution in [2.45, 2.75) is 27.3 Å². The second-order valence-corrected chi connectivity index (χ2v) is 6.77. The van der Waals surface area contributed by atoms with E-state index in [4.69, 9.17) is 4.74 Å². The fraction of sp³-hybridized carbons (Fsp3) is 0.227. The lowest BCUT2D eigenvalue weighted by Gasteiger charge is -2.12. The highest BCUT2D eigenvalue weighted by molar-refractivity contribution is 5.92. The van der Waals surface area contributed by atoms with Crippen LogP contribution in [0.15, 0.2) is 53.3 Å². The number of nitrogens with zero attached hydrogens (tertiary/aromatic N) is 2. The minimum Gasteiger partial charge on any atom is -0.495 e. The molecule has 3 rings (SSSR count). The first-order chi connectivity index (χ1) is 13.4. The van der Waals surface area contributed by atoms with E-state index >= 15 is 0 Å². The molecule has 6 nitrogen and oxygen atoms in total. The molecule has 0 radical (unpaired) electrons. The zero-order valence-corrected chi connectivity index (χ0v) is 16.4. The number of amides is 1. The van der Waals surface area contributed by atoms with Gasteiger partial charge in [-0.05, 0) is 61.7 Å². The fourth-order valence-electron chi connectivity index (χ4n) is 2.86. The Morgan fingerprint density at radius 3 is 2.54 bits per heavy atom. The fourth-order valence-corrected chi connectivity index (χ4v) is 2.86. The number of hydrogen-bond acceptors (Lipinski definition) is 4. The van der Waals surface area contributed by atoms with Gasteiger partial charge in [-0.25, -0.2) is 4.68 Å². The van der Waals surface area contributed by atoms with Gasteiger partial charge < -0.3 is 10.1 Å². The second kappa shape index (κ2) is 8.08. The van der Waals surface area contributed by atoms with E-state index in [9.17, 15) is 9.59 Å². The van der Waals surface area contributed by atoms with Gasteiger partial charge in [0.05, 0.1) is 18.5 Å². The summed E-state index contributed by atoms with van der Waals surface area (Å²) < 4.78 is 6.44. The number of carbonyl (C=O) groups excluding carboxylic acids is 1. The van der Waals surface area contributed by atoms with Gasteiger partial charge in [0, 0.05) is 11.6 Å². The molecule has 144 valence electrons. The molecule has 0 aliphatic carbocycles. The first-order valence-corrected chi connectivity index (χ1v) is 8.97. The highest BCUT2D eigenvalue weighted by atomic mass is 16.5. The summed E-state index contributed by atoms with van der Waals surface area (Å²) in [6.45, 7) is 5.80. The standard InChI is InChI=1S/C22H23N3O3/c1-14-5-9-20(28-4)19(11-14)23-21(26)13-25-22(27)10-8-18(24-25)17-7-6-15(2)16(3)12-17/h5-12H,13H2,1-4H3,(H,23,26). The van der Waals surface area contributed by atoms with Crippen molar-refractivity contribution in [2.24, 2.45) is 0 Å². The summed E-state index contributed by atoms with van der Waals surface area (Å²) in [5, 5.41) is 7.16. The van der Waals surface area contributed by atoms with E-state index in [0.29, 0.717) is 17.1 Å². The third-order valence-electron chi connectivity index (χ3n) is 4.59. The third kappa shape index (κ3) is 4.28. The summed E-state index contributed by atoms with van der Waals surface area (Å²) in [5.41, 5.74) is 5.08. The summed E-state index contributed by atoms with van der Waals surface area (Å²) >= 11 is 0. The predicted molar refractivity (Wildman–Crippen MR) is 110 cm³/mol. The largest absolute Gasteiger partial charge is 0.495 e. The Kier molecular flexibility index (Phi) is 5.59. The lowest BCUT2D eigenvalue weighted by Crippen LogP contribution is -2.29. The van der Waals surface area contributed by atoms with Crippen molar-refractivity contribution in [1.29, 1.82) is 0 Å². The first kappa shape index (κ1) is 19.4. The van der Waals surface area contributed by atoms with Crippen LogP contribution in [0.3, 0.4) is 0 Å². The van der Waals surface area contributed by atoms with Crippen molar-refractivity contribution in [3.63, 3.8) is 0 Å². The first-order valence-electron chi connectivity index (χ1n) is 8.97. The van der Waals surface area contributed by atoms with E-state index in [1.165, 1.54) is 16.3 Å². The van der Waals surface area contributed by atoms with Crippen LogP contribution >= 0.6 is 0 Å². The number of ether oxygens (including phenoxy) is 1. The molecule has 0 unspecified atom stereocenters. The maximum absolute atomic E-state index is 12.5. The van der Waals surface area contributed by atoms with Crippen molar-refractivity contribution >= 4 is 11.6 Å². The quantitative estimate of drug-likeness (QED) is 0.739. The van der Waals surface area contributed by atoms with E-state index in [1.54, 1.807) is 19.2 Å². The zero-order valence-electron chi connectivity index (χ0n) is 16.4. The van der Waals surface area contributed by atoms with Crippen LogP contribution in [0.2, 0.25) is 0 Å². The van der Waals surface area contributed by atoms with Crippen molar-refractivity contribution in [2.75, 3.05) is 12.4 Å². The van der Waals surface area contributed by atoms with Crippen molar-refractivity contribution in [1.82, 2.24) is 9.78 Å². The van der Waals surface area contributed by atoms with Gasteiger partial charge in [0.1, 0.15) is 12.3 Å². The Morgan fingerprint density at radius 1 is 1.04 bits per heavy atom. The third-order valence-corrected chi connectivity index (χ3v) is 4.59. The van der Waals surface area contributed by atoms with Crippen LogP contribution in [0, 0.1) is 20.8 Å². The van der Waals surface area contributed by atoms with Gasteiger partial charge in [-0.2, -0.15) is 5.10 Å². The van der Waals surface area contributed by atoms with E-state index in [-0.39, 0.29) is 18.0 Å². The topological polar surface area (TPSA) is 73.2 Å². The summed E-state index contributed by atoms with van der Waals surface area (Å²) in [7, 11) is 1.54. The van der Waals surface area contributed by atoms with E-state index in [2.05, 4.69) is 10.4 Å². The molecule has 0 atom stereocenters. The number of rotatable bonds is 5. The lowest BCUT2D eigenvalue weighted by molar-refractivity contribution is -0.117. The predicted octanol–water partition coefficient (Wildman–Crippen LogP) is 3.48. The molecule has 0 fully saturated rings. The molecule has 1 amide bonds. The minimum atomic E-state index is -0.351. The summed E-state index contributed by atoms with van der Waals surface area (Å²) in [6, 6.07) is 14.6. The maximum atomic E-state index is 12.5. The number of nitrogens with one attached hydrogen (secondary N) is 1. The summed E-state index contributed by atoms with van der Waals surface area (Å²) in [4.78, 5) is 24.7. The van der Waals surface area contributed by atoms with Crippen molar-refractivity contribution in [3.05, 3.63) is 75.6 Å².